The van der Waals surface area contributed by atoms with E-state index < -0.39 is 0 Å². The molecule has 3 heteroatoms. The van der Waals surface area contributed by atoms with E-state index in [0.717, 1.165) is 28.0 Å². The highest BCUT2D eigenvalue weighted by atomic mass is 15.1. The molecule has 0 aliphatic rings. The van der Waals surface area contributed by atoms with E-state index in [4.69, 9.17) is 4.98 Å². The summed E-state index contributed by atoms with van der Waals surface area (Å²) in [5.74, 6) is 0. The summed E-state index contributed by atoms with van der Waals surface area (Å²) >= 11 is 0. The fraction of sp³-hybridized carbons (Fsp3) is 0. The van der Waals surface area contributed by atoms with E-state index in [1.54, 1.807) is 0 Å². The van der Waals surface area contributed by atoms with E-state index >= 15 is 0 Å². The number of pyridine rings is 1. The lowest BCUT2D eigenvalue weighted by atomic mass is 10.0. The molecule has 6 aromatic rings. The molecular weight excluding hydrogens is 354 g/mol. The van der Waals surface area contributed by atoms with Gasteiger partial charge in [-0.25, -0.2) is 9.97 Å². The smallest absolute Gasteiger partial charge is 0.165 e. The third-order valence-corrected chi connectivity index (χ3v) is 5.51. The molecule has 0 aliphatic carbocycles. The fourth-order valence-corrected chi connectivity index (χ4v) is 4.02. The van der Waals surface area contributed by atoms with Crippen LogP contribution in [0, 0.1) is 0 Å². The summed E-state index contributed by atoms with van der Waals surface area (Å²) in [4.78, 5) is 9.38. The molecule has 136 valence electrons. The maximum Gasteiger partial charge on any atom is 0.165 e. The van der Waals surface area contributed by atoms with Crippen molar-refractivity contribution in [2.24, 2.45) is 0 Å². The average molecular weight is 371 g/mol. The molecular formula is C26H17N3. The highest BCUT2D eigenvalue weighted by Crippen LogP contribution is 2.30. The van der Waals surface area contributed by atoms with Gasteiger partial charge in [-0.2, -0.15) is 0 Å². The van der Waals surface area contributed by atoms with Gasteiger partial charge in [-0.1, -0.05) is 66.7 Å². The van der Waals surface area contributed by atoms with Gasteiger partial charge < -0.3 is 0 Å². The third-order valence-electron chi connectivity index (χ3n) is 5.51. The minimum absolute atomic E-state index is 0.867. The quantitative estimate of drug-likeness (QED) is 0.353. The molecule has 0 N–H and O–H groups in total. The van der Waals surface area contributed by atoms with Crippen LogP contribution in [0.15, 0.2) is 104 Å². The SMILES string of the molecule is c1ccc2cc(-c3ccnc4c3ncn4-c3ccc4ccccc4c3)ccc2c1. The molecule has 0 aliphatic heterocycles. The van der Waals surface area contributed by atoms with Crippen LogP contribution in [0.2, 0.25) is 0 Å². The van der Waals surface area contributed by atoms with E-state index in [1.807, 2.05) is 18.6 Å². The zero-order chi connectivity index (χ0) is 19.2. The van der Waals surface area contributed by atoms with Crippen molar-refractivity contribution in [2.45, 2.75) is 0 Å². The first-order chi connectivity index (χ1) is 14.4. The van der Waals surface area contributed by atoms with E-state index in [1.165, 1.54) is 21.5 Å². The largest absolute Gasteiger partial charge is 0.283 e. The second kappa shape index (κ2) is 6.28. The standard InChI is InChI=1S/C26H17N3/c1-3-7-20-15-22(10-9-18(20)5-1)24-13-14-27-26-25(24)28-17-29(26)23-12-11-19-6-2-4-8-21(19)16-23/h1-17H. The number of hydrogen-bond acceptors (Lipinski definition) is 2. The number of benzene rings is 4. The number of rotatable bonds is 2. The highest BCUT2D eigenvalue weighted by molar-refractivity contribution is 5.95. The summed E-state index contributed by atoms with van der Waals surface area (Å²) in [5.41, 5.74) is 5.09. The first-order valence-electron chi connectivity index (χ1n) is 9.67. The van der Waals surface area contributed by atoms with Gasteiger partial charge in [0.1, 0.15) is 11.8 Å². The summed E-state index contributed by atoms with van der Waals surface area (Å²) in [5, 5.41) is 4.90. The van der Waals surface area contributed by atoms with E-state index in [2.05, 4.69) is 94.5 Å². The molecule has 0 saturated heterocycles. The van der Waals surface area contributed by atoms with Crippen LogP contribution in [0.5, 0.6) is 0 Å². The van der Waals surface area contributed by atoms with Crippen LogP contribution in [-0.2, 0) is 0 Å². The minimum Gasteiger partial charge on any atom is -0.283 e. The Labute approximate surface area is 167 Å². The molecule has 3 nitrogen and oxygen atoms in total. The summed E-state index contributed by atoms with van der Waals surface area (Å²) in [6.07, 6.45) is 3.73. The van der Waals surface area contributed by atoms with Crippen molar-refractivity contribution in [3.63, 3.8) is 0 Å². The van der Waals surface area contributed by atoms with Crippen molar-refractivity contribution in [3.8, 4) is 16.8 Å². The van der Waals surface area contributed by atoms with Crippen molar-refractivity contribution in [1.82, 2.24) is 14.5 Å². The number of imidazole rings is 1. The van der Waals surface area contributed by atoms with Gasteiger partial charge in [0.05, 0.1) is 0 Å². The molecule has 0 saturated carbocycles. The zero-order valence-electron chi connectivity index (χ0n) is 15.7. The van der Waals surface area contributed by atoms with Crippen molar-refractivity contribution >= 4 is 32.7 Å². The van der Waals surface area contributed by atoms with Gasteiger partial charge in [0.25, 0.3) is 0 Å². The number of aromatic nitrogens is 3. The maximum absolute atomic E-state index is 4.73. The molecule has 2 heterocycles. The van der Waals surface area contributed by atoms with Crippen LogP contribution in [0.25, 0.3) is 49.5 Å². The Morgan fingerprint density at radius 3 is 2.07 bits per heavy atom. The van der Waals surface area contributed by atoms with Gasteiger partial charge >= 0.3 is 0 Å². The predicted molar refractivity (Wildman–Crippen MR) is 119 cm³/mol. The Kier molecular flexibility index (Phi) is 3.47. The van der Waals surface area contributed by atoms with Crippen molar-refractivity contribution in [2.75, 3.05) is 0 Å². The number of hydrogen-bond donors (Lipinski definition) is 0. The van der Waals surface area contributed by atoms with Gasteiger partial charge in [-0.15, -0.1) is 0 Å². The van der Waals surface area contributed by atoms with Crippen LogP contribution < -0.4 is 0 Å². The maximum atomic E-state index is 4.73. The molecule has 0 amide bonds. The lowest BCUT2D eigenvalue weighted by molar-refractivity contribution is 1.07. The molecule has 29 heavy (non-hydrogen) atoms. The first kappa shape index (κ1) is 16.0. The van der Waals surface area contributed by atoms with Crippen LogP contribution >= 0.6 is 0 Å². The van der Waals surface area contributed by atoms with Crippen LogP contribution in [0.3, 0.4) is 0 Å². The molecule has 6 rings (SSSR count). The van der Waals surface area contributed by atoms with Gasteiger partial charge in [-0.05, 0) is 51.4 Å². The van der Waals surface area contributed by atoms with Gasteiger partial charge in [0, 0.05) is 17.4 Å². The average Bonchev–Trinajstić information content (AvgIpc) is 3.23. The predicted octanol–water partition coefficient (Wildman–Crippen LogP) is 6.39. The van der Waals surface area contributed by atoms with E-state index in [9.17, 15) is 0 Å². The monoisotopic (exact) mass is 371 g/mol. The molecule has 4 aromatic carbocycles. The van der Waals surface area contributed by atoms with Crippen molar-refractivity contribution < 1.29 is 0 Å². The molecule has 0 spiro atoms. The summed E-state index contributed by atoms with van der Waals surface area (Å²) < 4.78 is 2.06. The molecule has 0 unspecified atom stereocenters. The Morgan fingerprint density at radius 1 is 0.586 bits per heavy atom. The molecule has 2 aromatic heterocycles. The Balaban J connectivity index is 1.54. The number of nitrogens with zero attached hydrogens (tertiary/aromatic N) is 3. The van der Waals surface area contributed by atoms with E-state index in [0.29, 0.717) is 0 Å². The molecule has 0 atom stereocenters. The van der Waals surface area contributed by atoms with Gasteiger partial charge in [-0.3, -0.25) is 4.57 Å². The second-order valence-electron chi connectivity index (χ2n) is 7.24. The van der Waals surface area contributed by atoms with Crippen molar-refractivity contribution in [1.29, 1.82) is 0 Å². The topological polar surface area (TPSA) is 30.7 Å². The molecule has 0 bridgehead atoms. The summed E-state index contributed by atoms with van der Waals surface area (Å²) in [6, 6.07) is 31.8. The third kappa shape index (κ3) is 2.59. The normalized spacial score (nSPS) is 11.4. The minimum atomic E-state index is 0.867. The van der Waals surface area contributed by atoms with Crippen LogP contribution in [-0.4, -0.2) is 14.5 Å². The Morgan fingerprint density at radius 2 is 1.28 bits per heavy atom. The van der Waals surface area contributed by atoms with Gasteiger partial charge in [0.2, 0.25) is 0 Å². The van der Waals surface area contributed by atoms with E-state index in [-0.39, 0.29) is 0 Å². The van der Waals surface area contributed by atoms with Gasteiger partial charge in [0.15, 0.2) is 5.65 Å². The zero-order valence-corrected chi connectivity index (χ0v) is 15.7. The Hall–Kier alpha value is -3.98. The van der Waals surface area contributed by atoms with Crippen LogP contribution in [0.1, 0.15) is 0 Å². The molecule has 0 radical (unpaired) electrons. The fourth-order valence-electron chi connectivity index (χ4n) is 4.02. The lowest BCUT2D eigenvalue weighted by Crippen LogP contribution is -1.94. The second-order valence-corrected chi connectivity index (χ2v) is 7.24. The summed E-state index contributed by atoms with van der Waals surface area (Å²) in [7, 11) is 0. The molecule has 0 fully saturated rings. The van der Waals surface area contributed by atoms with Crippen molar-refractivity contribution in [3.05, 3.63) is 104 Å². The summed E-state index contributed by atoms with van der Waals surface area (Å²) in [6.45, 7) is 0. The number of fused-ring (bicyclic) bond motifs is 3. The lowest BCUT2D eigenvalue weighted by Gasteiger charge is -2.07. The Bertz CT molecular complexity index is 1510. The highest BCUT2D eigenvalue weighted by Gasteiger charge is 2.12. The first-order valence-corrected chi connectivity index (χ1v) is 9.67. The van der Waals surface area contributed by atoms with Crippen LogP contribution in [0.4, 0.5) is 0 Å².